The van der Waals surface area contributed by atoms with Crippen LogP contribution >= 0.6 is 0 Å². The van der Waals surface area contributed by atoms with Crippen molar-refractivity contribution in [2.24, 2.45) is 17.6 Å². The lowest BCUT2D eigenvalue weighted by atomic mass is 9.94. The number of rotatable bonds is 3. The minimum atomic E-state index is 0.217. The van der Waals surface area contributed by atoms with E-state index in [1.807, 2.05) is 0 Å². The molecule has 2 N–H and O–H groups in total. The highest BCUT2D eigenvalue weighted by Gasteiger charge is 2.40. The van der Waals surface area contributed by atoms with Crippen LogP contribution < -0.4 is 5.73 Å². The van der Waals surface area contributed by atoms with Crippen LogP contribution in [0.5, 0.6) is 0 Å². The second-order valence-corrected chi connectivity index (χ2v) is 5.77. The van der Waals surface area contributed by atoms with Crippen molar-refractivity contribution in [2.75, 3.05) is 6.54 Å². The summed E-state index contributed by atoms with van der Waals surface area (Å²) in [4.78, 5) is 14.8. The minimum Gasteiger partial charge on any atom is -0.337 e. The normalized spacial score (nSPS) is 37.7. The van der Waals surface area contributed by atoms with Gasteiger partial charge in [-0.25, -0.2) is 0 Å². The van der Waals surface area contributed by atoms with Gasteiger partial charge in [-0.05, 0) is 51.5 Å². The summed E-state index contributed by atoms with van der Waals surface area (Å²) < 4.78 is 0. The predicted molar refractivity (Wildman–Crippen MR) is 69.5 cm³/mol. The molecule has 0 bridgehead atoms. The number of amides is 1. The van der Waals surface area contributed by atoms with Gasteiger partial charge in [-0.1, -0.05) is 13.3 Å². The van der Waals surface area contributed by atoms with Gasteiger partial charge in [-0.3, -0.25) is 4.79 Å². The number of nitrogens with zero attached hydrogens (tertiary/aromatic N) is 1. The molecule has 0 aromatic heterocycles. The van der Waals surface area contributed by atoms with E-state index in [0.717, 1.165) is 19.3 Å². The quantitative estimate of drug-likeness (QED) is 0.819. The molecule has 1 amide bonds. The Morgan fingerprint density at radius 1 is 1.29 bits per heavy atom. The van der Waals surface area contributed by atoms with Crippen LogP contribution in [0.4, 0.5) is 0 Å². The van der Waals surface area contributed by atoms with Gasteiger partial charge in [0.2, 0.25) is 5.91 Å². The summed E-state index contributed by atoms with van der Waals surface area (Å²) in [6, 6.07) is 0.919. The van der Waals surface area contributed by atoms with Crippen molar-refractivity contribution in [3.05, 3.63) is 0 Å². The molecule has 1 saturated heterocycles. The van der Waals surface area contributed by atoms with Crippen LogP contribution in [0.3, 0.4) is 0 Å². The van der Waals surface area contributed by atoms with Crippen LogP contribution in [-0.4, -0.2) is 29.4 Å². The Morgan fingerprint density at radius 3 is 2.71 bits per heavy atom. The fourth-order valence-electron chi connectivity index (χ4n) is 3.71. The second kappa shape index (κ2) is 5.38. The molecular formula is C14H26N2O. The molecule has 4 atom stereocenters. The third-order valence-corrected chi connectivity index (χ3v) is 4.79. The summed E-state index contributed by atoms with van der Waals surface area (Å²) >= 11 is 0. The summed E-state index contributed by atoms with van der Waals surface area (Å²) in [6.07, 6.45) is 6.83. The van der Waals surface area contributed by atoms with E-state index in [-0.39, 0.29) is 5.92 Å². The SMILES string of the molecule is CCC1CCC(C)N1C(=O)C1CCCC1CN. The maximum Gasteiger partial charge on any atom is 0.226 e. The second-order valence-electron chi connectivity index (χ2n) is 5.77. The van der Waals surface area contributed by atoms with Crippen molar-refractivity contribution in [3.8, 4) is 0 Å². The number of hydrogen-bond acceptors (Lipinski definition) is 2. The molecule has 98 valence electrons. The minimum absolute atomic E-state index is 0.217. The first-order valence-corrected chi connectivity index (χ1v) is 7.21. The van der Waals surface area contributed by atoms with Gasteiger partial charge in [0.1, 0.15) is 0 Å². The van der Waals surface area contributed by atoms with E-state index >= 15 is 0 Å². The lowest BCUT2D eigenvalue weighted by Crippen LogP contribution is -2.44. The topological polar surface area (TPSA) is 46.3 Å². The van der Waals surface area contributed by atoms with Crippen molar-refractivity contribution in [1.82, 2.24) is 4.90 Å². The Bertz CT molecular complexity index is 279. The zero-order valence-corrected chi connectivity index (χ0v) is 11.2. The van der Waals surface area contributed by atoms with E-state index in [0.29, 0.717) is 30.5 Å². The summed E-state index contributed by atoms with van der Waals surface area (Å²) in [6.45, 7) is 5.06. The predicted octanol–water partition coefficient (Wildman–Crippen LogP) is 2.15. The number of hydrogen-bond donors (Lipinski definition) is 1. The first-order chi connectivity index (χ1) is 8.19. The van der Waals surface area contributed by atoms with E-state index in [1.54, 1.807) is 0 Å². The third-order valence-electron chi connectivity index (χ3n) is 4.79. The first-order valence-electron chi connectivity index (χ1n) is 7.21. The van der Waals surface area contributed by atoms with Gasteiger partial charge in [-0.2, -0.15) is 0 Å². The van der Waals surface area contributed by atoms with Gasteiger partial charge in [-0.15, -0.1) is 0 Å². The molecule has 1 aliphatic carbocycles. The van der Waals surface area contributed by atoms with Crippen molar-refractivity contribution in [2.45, 2.75) is 64.5 Å². The molecule has 0 aromatic rings. The van der Waals surface area contributed by atoms with Crippen molar-refractivity contribution in [1.29, 1.82) is 0 Å². The van der Waals surface area contributed by atoms with Crippen LogP contribution in [-0.2, 0) is 4.79 Å². The van der Waals surface area contributed by atoms with Gasteiger partial charge in [0.25, 0.3) is 0 Å². The van der Waals surface area contributed by atoms with Gasteiger partial charge >= 0.3 is 0 Å². The summed E-state index contributed by atoms with van der Waals surface area (Å²) in [5.41, 5.74) is 5.79. The lowest BCUT2D eigenvalue weighted by molar-refractivity contribution is -0.139. The molecule has 17 heavy (non-hydrogen) atoms. The van der Waals surface area contributed by atoms with Crippen LogP contribution in [0.25, 0.3) is 0 Å². The number of carbonyl (C=O) groups is 1. The molecule has 2 rings (SSSR count). The fourth-order valence-corrected chi connectivity index (χ4v) is 3.71. The molecule has 0 aromatic carbocycles. The largest absolute Gasteiger partial charge is 0.337 e. The van der Waals surface area contributed by atoms with Gasteiger partial charge in [0.15, 0.2) is 0 Å². The number of nitrogens with two attached hydrogens (primary N) is 1. The first kappa shape index (κ1) is 12.9. The highest BCUT2D eigenvalue weighted by Crippen LogP contribution is 2.36. The van der Waals surface area contributed by atoms with Gasteiger partial charge in [0, 0.05) is 18.0 Å². The van der Waals surface area contributed by atoms with E-state index < -0.39 is 0 Å². The van der Waals surface area contributed by atoms with Crippen LogP contribution in [0, 0.1) is 11.8 Å². The standard InChI is InChI=1S/C14H26N2O/c1-3-12-8-7-10(2)16(12)14(17)13-6-4-5-11(13)9-15/h10-13H,3-9,15H2,1-2H3. The van der Waals surface area contributed by atoms with Crippen LogP contribution in [0.2, 0.25) is 0 Å². The Kier molecular flexibility index (Phi) is 4.08. The zero-order chi connectivity index (χ0) is 12.4. The molecule has 0 spiro atoms. The monoisotopic (exact) mass is 238 g/mol. The van der Waals surface area contributed by atoms with Crippen molar-refractivity contribution >= 4 is 5.91 Å². The molecule has 1 aliphatic heterocycles. The average molecular weight is 238 g/mol. The van der Waals surface area contributed by atoms with Crippen LogP contribution in [0.1, 0.15) is 52.4 Å². The Hall–Kier alpha value is -0.570. The smallest absolute Gasteiger partial charge is 0.226 e. The third kappa shape index (κ3) is 2.35. The Labute approximate surface area is 105 Å². The van der Waals surface area contributed by atoms with Crippen molar-refractivity contribution in [3.63, 3.8) is 0 Å². The molecule has 3 heteroatoms. The Balaban J connectivity index is 2.07. The summed E-state index contributed by atoms with van der Waals surface area (Å²) in [5, 5.41) is 0. The molecule has 1 saturated carbocycles. The van der Waals surface area contributed by atoms with Crippen molar-refractivity contribution < 1.29 is 4.79 Å². The molecule has 0 radical (unpaired) electrons. The number of likely N-dealkylation sites (tertiary alicyclic amines) is 1. The Morgan fingerprint density at radius 2 is 2.06 bits per heavy atom. The highest BCUT2D eigenvalue weighted by molar-refractivity contribution is 5.80. The summed E-state index contributed by atoms with van der Waals surface area (Å²) in [7, 11) is 0. The average Bonchev–Trinajstić information content (AvgIpc) is 2.93. The molecular weight excluding hydrogens is 212 g/mol. The number of carbonyl (C=O) groups excluding carboxylic acids is 1. The molecule has 4 unspecified atom stereocenters. The van der Waals surface area contributed by atoms with E-state index in [4.69, 9.17) is 5.73 Å². The van der Waals surface area contributed by atoms with Gasteiger partial charge < -0.3 is 10.6 Å². The maximum absolute atomic E-state index is 12.7. The molecule has 2 aliphatic rings. The lowest BCUT2D eigenvalue weighted by Gasteiger charge is -2.32. The summed E-state index contributed by atoms with van der Waals surface area (Å²) in [5.74, 6) is 1.05. The van der Waals surface area contributed by atoms with E-state index in [1.165, 1.54) is 19.3 Å². The fraction of sp³-hybridized carbons (Fsp3) is 0.929. The molecule has 3 nitrogen and oxygen atoms in total. The highest BCUT2D eigenvalue weighted by atomic mass is 16.2. The molecule has 2 fully saturated rings. The van der Waals surface area contributed by atoms with Gasteiger partial charge in [0.05, 0.1) is 0 Å². The van der Waals surface area contributed by atoms with E-state index in [2.05, 4.69) is 18.7 Å². The molecule has 1 heterocycles. The maximum atomic E-state index is 12.7. The van der Waals surface area contributed by atoms with E-state index in [9.17, 15) is 4.79 Å². The zero-order valence-electron chi connectivity index (χ0n) is 11.2. The van der Waals surface area contributed by atoms with Crippen LogP contribution in [0.15, 0.2) is 0 Å².